The highest BCUT2D eigenvalue weighted by atomic mass is 31.2. The smallest absolute Gasteiger partial charge is 0.304 e. The van der Waals surface area contributed by atoms with Crippen LogP contribution in [0.5, 0.6) is 0 Å². The molecule has 192 valence electrons. The molecular formula is C28H34NO6P. The molecule has 0 saturated carbocycles. The topological polar surface area (TPSA) is 95.7 Å². The van der Waals surface area contributed by atoms with Gasteiger partial charge in [0.2, 0.25) is 0 Å². The lowest BCUT2D eigenvalue weighted by atomic mass is 9.71. The third-order valence-electron chi connectivity index (χ3n) is 6.62. The largest absolute Gasteiger partial charge is 0.331 e. The van der Waals surface area contributed by atoms with E-state index in [0.717, 1.165) is 47.9 Å². The summed E-state index contributed by atoms with van der Waals surface area (Å²) in [4.78, 5) is 24.4. The van der Waals surface area contributed by atoms with Gasteiger partial charge in [-0.3, -0.25) is 19.5 Å². The summed E-state index contributed by atoms with van der Waals surface area (Å²) in [6, 6.07) is 10.7. The highest BCUT2D eigenvalue weighted by molar-refractivity contribution is 7.53. The highest BCUT2D eigenvalue weighted by Gasteiger charge is 2.43. The van der Waals surface area contributed by atoms with Crippen LogP contribution < -0.4 is 0 Å². The van der Waals surface area contributed by atoms with E-state index in [2.05, 4.69) is 27.0 Å². The summed E-state index contributed by atoms with van der Waals surface area (Å²) >= 11 is 0. The molecule has 2 aromatic rings. The SMILES string of the molecule is C=CCOP(=O)(CCC(=O)c1ccc2c(c1)C(CCC)(CCC)c1cc([N+](=O)[O-])ccc1-2)OCC=C. The fraction of sp³-hybridized carbons (Fsp3) is 0.393. The van der Waals surface area contributed by atoms with Crippen LogP contribution in [0.4, 0.5) is 5.69 Å². The minimum atomic E-state index is -3.48. The monoisotopic (exact) mass is 511 g/mol. The van der Waals surface area contributed by atoms with Gasteiger partial charge in [-0.25, -0.2) is 0 Å². The standard InChI is InChI=1S/C28H34NO6P/c1-5-14-28(15-6-2)25-19-21(27(30)13-18-36(33,34-16-7-3)35-17-8-4)9-11-23(25)24-12-10-22(29(31)32)20-26(24)28/h7-12,19-20H,3-6,13-18H2,1-2H3. The van der Waals surface area contributed by atoms with Gasteiger partial charge in [0.25, 0.3) is 5.69 Å². The number of Topliss-reactive ketones (excluding diaryl/α,β-unsaturated/α-hetero) is 1. The first-order valence-corrected chi connectivity index (χ1v) is 14.0. The van der Waals surface area contributed by atoms with E-state index < -0.39 is 13.0 Å². The average Bonchev–Trinajstić information content (AvgIpc) is 3.14. The lowest BCUT2D eigenvalue weighted by Crippen LogP contribution is -2.25. The Labute approximate surface area is 212 Å². The van der Waals surface area contributed by atoms with Crippen LogP contribution in [0.2, 0.25) is 0 Å². The van der Waals surface area contributed by atoms with E-state index >= 15 is 0 Å². The highest BCUT2D eigenvalue weighted by Crippen LogP contribution is 2.55. The molecule has 0 saturated heterocycles. The van der Waals surface area contributed by atoms with Gasteiger partial charge >= 0.3 is 7.60 Å². The molecule has 0 atom stereocenters. The van der Waals surface area contributed by atoms with Gasteiger partial charge < -0.3 is 9.05 Å². The van der Waals surface area contributed by atoms with Gasteiger partial charge in [-0.1, -0.05) is 51.0 Å². The molecule has 0 N–H and O–H groups in total. The van der Waals surface area contributed by atoms with Gasteiger partial charge in [0.15, 0.2) is 5.78 Å². The van der Waals surface area contributed by atoms with Crippen molar-refractivity contribution in [2.75, 3.05) is 19.4 Å². The molecule has 0 aliphatic heterocycles. The second-order valence-corrected chi connectivity index (χ2v) is 11.2. The molecule has 0 radical (unpaired) electrons. The summed E-state index contributed by atoms with van der Waals surface area (Å²) in [5.74, 6) is -0.161. The number of nitro groups is 1. The Balaban J connectivity index is 1.98. The van der Waals surface area contributed by atoms with E-state index in [1.807, 2.05) is 18.2 Å². The third-order valence-corrected chi connectivity index (χ3v) is 8.48. The number of carbonyl (C=O) groups excluding carboxylic acids is 1. The Kier molecular flexibility index (Phi) is 9.18. The number of hydrogen-bond donors (Lipinski definition) is 0. The van der Waals surface area contributed by atoms with Crippen LogP contribution in [-0.2, 0) is 19.0 Å². The molecule has 1 aliphatic rings. The Hall–Kier alpha value is -2.86. The zero-order valence-electron chi connectivity index (χ0n) is 21.0. The van der Waals surface area contributed by atoms with Crippen molar-refractivity contribution in [3.05, 3.63) is 88.5 Å². The molecule has 3 rings (SSSR count). The van der Waals surface area contributed by atoms with Gasteiger partial charge in [-0.2, -0.15) is 0 Å². The van der Waals surface area contributed by atoms with E-state index in [1.165, 1.54) is 12.2 Å². The molecule has 0 spiro atoms. The lowest BCUT2D eigenvalue weighted by Gasteiger charge is -2.32. The second-order valence-electron chi connectivity index (χ2n) is 9.01. The van der Waals surface area contributed by atoms with Crippen molar-refractivity contribution in [3.63, 3.8) is 0 Å². The summed E-state index contributed by atoms with van der Waals surface area (Å²) in [6.07, 6.45) is 6.34. The summed E-state index contributed by atoms with van der Waals surface area (Å²) in [5, 5.41) is 11.5. The average molecular weight is 512 g/mol. The van der Waals surface area contributed by atoms with Crippen molar-refractivity contribution in [1.29, 1.82) is 0 Å². The maximum Gasteiger partial charge on any atom is 0.331 e. The predicted molar refractivity (Wildman–Crippen MR) is 143 cm³/mol. The fourth-order valence-electron chi connectivity index (χ4n) is 5.17. The van der Waals surface area contributed by atoms with Crippen molar-refractivity contribution in [2.45, 2.75) is 51.4 Å². The van der Waals surface area contributed by atoms with Gasteiger partial charge in [0, 0.05) is 29.5 Å². The quantitative estimate of drug-likeness (QED) is 0.0802. The van der Waals surface area contributed by atoms with E-state index in [-0.39, 0.29) is 42.2 Å². The van der Waals surface area contributed by atoms with E-state index in [9.17, 15) is 19.5 Å². The first-order valence-electron chi connectivity index (χ1n) is 12.3. The number of hydrogen-bond acceptors (Lipinski definition) is 6. The molecule has 0 unspecified atom stereocenters. The van der Waals surface area contributed by atoms with Crippen LogP contribution in [0.1, 0.15) is 67.4 Å². The Morgan fingerprint density at radius 2 is 1.56 bits per heavy atom. The molecule has 7 nitrogen and oxygen atoms in total. The van der Waals surface area contributed by atoms with E-state index in [0.29, 0.717) is 5.56 Å². The van der Waals surface area contributed by atoms with Crippen LogP contribution in [0.3, 0.4) is 0 Å². The van der Waals surface area contributed by atoms with Crippen LogP contribution in [0.15, 0.2) is 61.7 Å². The summed E-state index contributed by atoms with van der Waals surface area (Å²) in [6.45, 7) is 11.5. The predicted octanol–water partition coefficient (Wildman–Crippen LogP) is 7.63. The summed E-state index contributed by atoms with van der Waals surface area (Å²) in [7, 11) is -3.48. The number of nitrogens with zero attached hydrogens (tertiary/aromatic N) is 1. The van der Waals surface area contributed by atoms with Crippen molar-refractivity contribution in [1.82, 2.24) is 0 Å². The molecular weight excluding hydrogens is 477 g/mol. The van der Waals surface area contributed by atoms with Crippen LogP contribution in [-0.4, -0.2) is 30.1 Å². The van der Waals surface area contributed by atoms with E-state index in [4.69, 9.17) is 9.05 Å². The van der Waals surface area contributed by atoms with Crippen molar-refractivity contribution in [2.24, 2.45) is 0 Å². The van der Waals surface area contributed by atoms with Gasteiger partial charge in [-0.15, -0.1) is 13.2 Å². The number of benzene rings is 2. The number of rotatable bonds is 15. The Morgan fingerprint density at radius 3 is 2.08 bits per heavy atom. The number of nitro benzene ring substituents is 1. The normalized spacial score (nSPS) is 13.6. The zero-order chi connectivity index (χ0) is 26.3. The van der Waals surface area contributed by atoms with Crippen LogP contribution in [0.25, 0.3) is 11.1 Å². The molecule has 8 heteroatoms. The Bertz CT molecular complexity index is 1180. The molecule has 1 aliphatic carbocycles. The van der Waals surface area contributed by atoms with E-state index in [1.54, 1.807) is 18.2 Å². The molecule has 0 fully saturated rings. The fourth-order valence-corrected chi connectivity index (χ4v) is 6.64. The van der Waals surface area contributed by atoms with Gasteiger partial charge in [0.05, 0.1) is 24.3 Å². The molecule has 0 amide bonds. The third kappa shape index (κ3) is 5.59. The van der Waals surface area contributed by atoms with Crippen LogP contribution >= 0.6 is 7.60 Å². The Morgan fingerprint density at radius 1 is 1.00 bits per heavy atom. The van der Waals surface area contributed by atoms with Crippen LogP contribution in [0, 0.1) is 10.1 Å². The molecule has 36 heavy (non-hydrogen) atoms. The maximum atomic E-state index is 13.2. The number of ketones is 1. The minimum Gasteiger partial charge on any atom is -0.304 e. The summed E-state index contributed by atoms with van der Waals surface area (Å²) in [5.41, 5.74) is 4.17. The number of fused-ring (bicyclic) bond motifs is 3. The van der Waals surface area contributed by atoms with Gasteiger partial charge in [0.1, 0.15) is 0 Å². The molecule has 0 heterocycles. The second kappa shape index (κ2) is 11.9. The van der Waals surface area contributed by atoms with Crippen molar-refractivity contribution >= 4 is 19.1 Å². The zero-order valence-corrected chi connectivity index (χ0v) is 21.9. The number of non-ortho nitro benzene ring substituents is 1. The molecule has 2 aromatic carbocycles. The molecule has 0 bridgehead atoms. The van der Waals surface area contributed by atoms with Crippen molar-refractivity contribution in [3.8, 4) is 11.1 Å². The molecule has 0 aromatic heterocycles. The minimum absolute atomic E-state index is 0.00265. The first-order chi connectivity index (χ1) is 17.2. The summed E-state index contributed by atoms with van der Waals surface area (Å²) < 4.78 is 23.8. The van der Waals surface area contributed by atoms with Crippen molar-refractivity contribution < 1.29 is 23.3 Å². The van der Waals surface area contributed by atoms with Gasteiger partial charge in [-0.05, 0) is 47.2 Å². The first kappa shape index (κ1) is 27.7. The lowest BCUT2D eigenvalue weighted by molar-refractivity contribution is -0.384. The maximum absolute atomic E-state index is 13.2. The number of carbonyl (C=O) groups is 1.